The van der Waals surface area contributed by atoms with Crippen LogP contribution in [0.1, 0.15) is 58.3 Å². The van der Waals surface area contributed by atoms with Crippen molar-refractivity contribution < 1.29 is 4.79 Å². The van der Waals surface area contributed by atoms with E-state index in [0.717, 1.165) is 19.4 Å². The number of nitrogens with two attached hydrogens (primary N) is 1. The minimum Gasteiger partial charge on any atom is -0.343 e. The molecule has 1 aliphatic rings. The predicted octanol–water partition coefficient (Wildman–Crippen LogP) is 2.54. The highest BCUT2D eigenvalue weighted by molar-refractivity contribution is 5.76. The Morgan fingerprint density at radius 2 is 1.94 bits per heavy atom. The summed E-state index contributed by atoms with van der Waals surface area (Å²) in [6.45, 7) is 2.91. The van der Waals surface area contributed by atoms with Gasteiger partial charge in [0.2, 0.25) is 5.91 Å². The Kier molecular flexibility index (Phi) is 6.56. The average Bonchev–Trinajstić information content (AvgIpc) is 2.36. The highest BCUT2D eigenvalue weighted by atomic mass is 16.2. The van der Waals surface area contributed by atoms with E-state index >= 15 is 0 Å². The van der Waals surface area contributed by atoms with E-state index in [2.05, 4.69) is 6.92 Å². The molecule has 100 valence electrons. The van der Waals surface area contributed by atoms with E-state index in [1.54, 1.807) is 0 Å². The molecule has 2 N–H and O–H groups in total. The normalized spacial score (nSPS) is 19.0. The molecule has 1 fully saturated rings. The second-order valence-electron chi connectivity index (χ2n) is 5.52. The molecule has 1 aliphatic carbocycles. The molecule has 0 bridgehead atoms. The van der Waals surface area contributed by atoms with Gasteiger partial charge in [-0.3, -0.25) is 4.79 Å². The number of hydrogen-bond acceptors (Lipinski definition) is 2. The first-order chi connectivity index (χ1) is 8.15. The fourth-order valence-electron chi connectivity index (χ4n) is 2.65. The molecule has 1 rings (SSSR count). The second kappa shape index (κ2) is 7.70. The Morgan fingerprint density at radius 1 is 1.29 bits per heavy atom. The monoisotopic (exact) mass is 240 g/mol. The number of carbonyl (C=O) groups excluding carboxylic acids is 1. The van der Waals surface area contributed by atoms with Crippen LogP contribution in [0, 0.1) is 5.92 Å². The molecular weight excluding hydrogens is 212 g/mol. The average molecular weight is 240 g/mol. The van der Waals surface area contributed by atoms with Gasteiger partial charge in [0.15, 0.2) is 0 Å². The van der Waals surface area contributed by atoms with Crippen LogP contribution < -0.4 is 5.73 Å². The van der Waals surface area contributed by atoms with Crippen molar-refractivity contribution in [3.05, 3.63) is 0 Å². The van der Waals surface area contributed by atoms with Crippen LogP contribution in [-0.2, 0) is 4.79 Å². The molecule has 3 heteroatoms. The molecule has 17 heavy (non-hydrogen) atoms. The molecule has 3 nitrogen and oxygen atoms in total. The van der Waals surface area contributed by atoms with E-state index in [9.17, 15) is 4.79 Å². The molecule has 0 spiro atoms. The fourth-order valence-corrected chi connectivity index (χ4v) is 2.65. The maximum atomic E-state index is 12.0. The summed E-state index contributed by atoms with van der Waals surface area (Å²) in [6, 6.07) is 0.501. The van der Waals surface area contributed by atoms with Gasteiger partial charge < -0.3 is 10.6 Å². The molecule has 1 amide bonds. The summed E-state index contributed by atoms with van der Waals surface area (Å²) in [6.07, 6.45) is 8.99. The van der Waals surface area contributed by atoms with E-state index in [1.807, 2.05) is 11.9 Å². The van der Waals surface area contributed by atoms with E-state index in [-0.39, 0.29) is 0 Å². The van der Waals surface area contributed by atoms with Crippen molar-refractivity contribution in [2.45, 2.75) is 64.3 Å². The molecule has 0 heterocycles. The Hall–Kier alpha value is -0.570. The maximum Gasteiger partial charge on any atom is 0.222 e. The van der Waals surface area contributed by atoms with Crippen molar-refractivity contribution in [2.75, 3.05) is 13.6 Å². The minimum absolute atomic E-state index is 0.320. The lowest BCUT2D eigenvalue weighted by molar-refractivity contribution is -0.132. The molecule has 1 saturated carbocycles. The standard InChI is InChI=1S/C14H28N2O/c1-12(10-11-15)8-9-14(17)16(2)13-6-4-3-5-7-13/h12-13H,3-11,15H2,1-2H3. The summed E-state index contributed by atoms with van der Waals surface area (Å²) in [4.78, 5) is 14.0. The zero-order valence-corrected chi connectivity index (χ0v) is 11.5. The van der Waals surface area contributed by atoms with Crippen molar-refractivity contribution in [3.8, 4) is 0 Å². The SMILES string of the molecule is CC(CCN)CCC(=O)N(C)C1CCCCC1. The van der Waals surface area contributed by atoms with Crippen LogP contribution in [0.3, 0.4) is 0 Å². The first kappa shape index (κ1) is 14.5. The Labute approximate surface area is 106 Å². The third-order valence-electron chi connectivity index (χ3n) is 4.03. The van der Waals surface area contributed by atoms with Crippen molar-refractivity contribution in [3.63, 3.8) is 0 Å². The van der Waals surface area contributed by atoms with Gasteiger partial charge in [0.05, 0.1) is 0 Å². The van der Waals surface area contributed by atoms with Gasteiger partial charge in [0.25, 0.3) is 0 Å². The third kappa shape index (κ3) is 5.07. The molecule has 0 aromatic heterocycles. The smallest absolute Gasteiger partial charge is 0.222 e. The van der Waals surface area contributed by atoms with Gasteiger partial charge in [-0.05, 0) is 38.1 Å². The summed E-state index contributed by atoms with van der Waals surface area (Å²) < 4.78 is 0. The second-order valence-corrected chi connectivity index (χ2v) is 5.52. The largest absolute Gasteiger partial charge is 0.343 e. The van der Waals surface area contributed by atoms with Gasteiger partial charge in [-0.2, -0.15) is 0 Å². The Bertz CT molecular complexity index is 224. The molecule has 0 radical (unpaired) electrons. The quantitative estimate of drug-likeness (QED) is 0.775. The number of hydrogen-bond donors (Lipinski definition) is 1. The molecular formula is C14H28N2O. The van der Waals surface area contributed by atoms with Crippen LogP contribution in [0.2, 0.25) is 0 Å². The summed E-state index contributed by atoms with van der Waals surface area (Å²) in [5, 5.41) is 0. The Morgan fingerprint density at radius 3 is 2.53 bits per heavy atom. The first-order valence-electron chi connectivity index (χ1n) is 7.11. The predicted molar refractivity (Wildman–Crippen MR) is 71.7 cm³/mol. The van der Waals surface area contributed by atoms with Crippen LogP contribution >= 0.6 is 0 Å². The minimum atomic E-state index is 0.320. The number of amides is 1. The van der Waals surface area contributed by atoms with Crippen LogP contribution in [0.25, 0.3) is 0 Å². The van der Waals surface area contributed by atoms with E-state index in [0.29, 0.717) is 24.3 Å². The lowest BCUT2D eigenvalue weighted by Crippen LogP contribution is -2.38. The summed E-state index contributed by atoms with van der Waals surface area (Å²) >= 11 is 0. The summed E-state index contributed by atoms with van der Waals surface area (Å²) in [5.41, 5.74) is 5.52. The summed E-state index contributed by atoms with van der Waals surface area (Å²) in [7, 11) is 1.98. The van der Waals surface area contributed by atoms with Crippen molar-refractivity contribution in [1.29, 1.82) is 0 Å². The highest BCUT2D eigenvalue weighted by Gasteiger charge is 2.21. The van der Waals surface area contributed by atoms with Gasteiger partial charge in [0, 0.05) is 19.5 Å². The highest BCUT2D eigenvalue weighted by Crippen LogP contribution is 2.22. The van der Waals surface area contributed by atoms with Gasteiger partial charge in [-0.15, -0.1) is 0 Å². The van der Waals surface area contributed by atoms with Crippen LogP contribution in [-0.4, -0.2) is 30.4 Å². The molecule has 0 aromatic carbocycles. The topological polar surface area (TPSA) is 46.3 Å². The van der Waals surface area contributed by atoms with E-state index in [4.69, 9.17) is 5.73 Å². The Balaban J connectivity index is 2.25. The summed E-state index contributed by atoms with van der Waals surface area (Å²) in [5.74, 6) is 0.893. The first-order valence-corrected chi connectivity index (χ1v) is 7.11. The van der Waals surface area contributed by atoms with Gasteiger partial charge >= 0.3 is 0 Å². The molecule has 1 unspecified atom stereocenters. The van der Waals surface area contributed by atoms with Crippen molar-refractivity contribution >= 4 is 5.91 Å². The molecule has 0 aliphatic heterocycles. The molecule has 1 atom stereocenters. The van der Waals surface area contributed by atoms with Crippen LogP contribution in [0.15, 0.2) is 0 Å². The van der Waals surface area contributed by atoms with Crippen molar-refractivity contribution in [2.24, 2.45) is 11.7 Å². The lowest BCUT2D eigenvalue weighted by Gasteiger charge is -2.31. The number of rotatable bonds is 6. The number of carbonyl (C=O) groups is 1. The number of nitrogens with zero attached hydrogens (tertiary/aromatic N) is 1. The van der Waals surface area contributed by atoms with E-state index in [1.165, 1.54) is 32.1 Å². The zero-order chi connectivity index (χ0) is 12.7. The van der Waals surface area contributed by atoms with Crippen molar-refractivity contribution in [1.82, 2.24) is 4.90 Å². The molecule has 0 saturated heterocycles. The van der Waals surface area contributed by atoms with Crippen LogP contribution in [0.5, 0.6) is 0 Å². The van der Waals surface area contributed by atoms with Crippen LogP contribution in [0.4, 0.5) is 0 Å². The fraction of sp³-hybridized carbons (Fsp3) is 0.929. The van der Waals surface area contributed by atoms with Gasteiger partial charge in [-0.25, -0.2) is 0 Å². The van der Waals surface area contributed by atoms with E-state index < -0.39 is 0 Å². The van der Waals surface area contributed by atoms with Gasteiger partial charge in [-0.1, -0.05) is 26.2 Å². The lowest BCUT2D eigenvalue weighted by atomic mass is 9.94. The maximum absolute atomic E-state index is 12.0. The zero-order valence-electron chi connectivity index (χ0n) is 11.5. The third-order valence-corrected chi connectivity index (χ3v) is 4.03. The van der Waals surface area contributed by atoms with Gasteiger partial charge in [0.1, 0.15) is 0 Å². The molecule has 0 aromatic rings.